The van der Waals surface area contributed by atoms with Gasteiger partial charge >= 0.3 is 0 Å². The summed E-state index contributed by atoms with van der Waals surface area (Å²) in [5.74, 6) is 0.887. The van der Waals surface area contributed by atoms with E-state index in [0.29, 0.717) is 6.04 Å². The number of aromatic nitrogens is 2. The predicted molar refractivity (Wildman–Crippen MR) is 65.8 cm³/mol. The second kappa shape index (κ2) is 4.78. The molecule has 1 aromatic heterocycles. The molecular weight excluding hydrogens is 200 g/mol. The van der Waals surface area contributed by atoms with Crippen molar-refractivity contribution in [3.05, 3.63) is 17.5 Å². The van der Waals surface area contributed by atoms with Crippen LogP contribution in [-0.4, -0.2) is 36.1 Å². The number of anilines is 1. The van der Waals surface area contributed by atoms with Crippen molar-refractivity contribution in [2.45, 2.75) is 32.7 Å². The zero-order chi connectivity index (χ0) is 11.5. The maximum absolute atomic E-state index is 4.51. The number of likely N-dealkylation sites (N-methyl/N-ethyl adjacent to an activating group) is 1. The lowest BCUT2D eigenvalue weighted by atomic mass is 10.1. The molecule has 1 fully saturated rings. The van der Waals surface area contributed by atoms with Crippen LogP contribution in [0.1, 0.15) is 24.2 Å². The van der Waals surface area contributed by atoms with E-state index in [4.69, 9.17) is 0 Å². The lowest BCUT2D eigenvalue weighted by Gasteiger charge is -2.32. The molecule has 4 nitrogen and oxygen atoms in total. The first-order valence-electron chi connectivity index (χ1n) is 5.93. The fraction of sp³-hybridized carbons (Fsp3) is 0.667. The molecule has 1 N–H and O–H groups in total. The van der Waals surface area contributed by atoms with Crippen LogP contribution in [0.4, 0.5) is 5.95 Å². The number of piperidine rings is 1. The molecule has 1 atom stereocenters. The molecule has 0 saturated carbocycles. The third-order valence-corrected chi connectivity index (χ3v) is 3.08. The van der Waals surface area contributed by atoms with Crippen LogP contribution in [0.15, 0.2) is 6.07 Å². The van der Waals surface area contributed by atoms with E-state index in [0.717, 1.165) is 30.4 Å². The Morgan fingerprint density at radius 2 is 2.00 bits per heavy atom. The van der Waals surface area contributed by atoms with Gasteiger partial charge in [0.15, 0.2) is 0 Å². The molecule has 0 aromatic carbocycles. The maximum Gasteiger partial charge on any atom is 0.225 e. The largest absolute Gasteiger partial charge is 0.339 e. The van der Waals surface area contributed by atoms with Gasteiger partial charge in [-0.2, -0.15) is 0 Å². The van der Waals surface area contributed by atoms with E-state index >= 15 is 0 Å². The van der Waals surface area contributed by atoms with Gasteiger partial charge in [-0.05, 0) is 39.8 Å². The van der Waals surface area contributed by atoms with Crippen molar-refractivity contribution >= 4 is 5.95 Å². The summed E-state index contributed by atoms with van der Waals surface area (Å²) in [6, 6.07) is 2.58. The van der Waals surface area contributed by atoms with Gasteiger partial charge in [-0.25, -0.2) is 9.97 Å². The molecule has 0 spiro atoms. The van der Waals surface area contributed by atoms with Crippen molar-refractivity contribution in [3.8, 4) is 0 Å². The Balaban J connectivity index is 2.16. The van der Waals surface area contributed by atoms with Crippen LogP contribution in [0.2, 0.25) is 0 Å². The van der Waals surface area contributed by atoms with E-state index < -0.39 is 0 Å². The third kappa shape index (κ3) is 2.50. The van der Waals surface area contributed by atoms with Gasteiger partial charge in [0.25, 0.3) is 0 Å². The van der Waals surface area contributed by atoms with E-state index in [9.17, 15) is 0 Å². The Morgan fingerprint density at radius 1 is 1.31 bits per heavy atom. The fourth-order valence-corrected chi connectivity index (χ4v) is 2.24. The summed E-state index contributed by atoms with van der Waals surface area (Å²) < 4.78 is 0. The number of hydrogen-bond donors (Lipinski definition) is 1. The number of nitrogens with zero attached hydrogens (tertiary/aromatic N) is 3. The highest BCUT2D eigenvalue weighted by Crippen LogP contribution is 2.16. The smallest absolute Gasteiger partial charge is 0.225 e. The highest BCUT2D eigenvalue weighted by Gasteiger charge is 2.20. The number of nitrogens with one attached hydrogen (secondary N) is 1. The molecule has 2 rings (SSSR count). The van der Waals surface area contributed by atoms with Crippen molar-refractivity contribution in [1.82, 2.24) is 15.3 Å². The van der Waals surface area contributed by atoms with Gasteiger partial charge in [-0.3, -0.25) is 0 Å². The average Bonchev–Trinajstić information content (AvgIpc) is 2.28. The van der Waals surface area contributed by atoms with Crippen LogP contribution < -0.4 is 10.2 Å². The molecule has 1 saturated heterocycles. The molecule has 0 amide bonds. The van der Waals surface area contributed by atoms with Crippen LogP contribution in [0, 0.1) is 13.8 Å². The molecule has 4 heteroatoms. The van der Waals surface area contributed by atoms with Crippen LogP contribution in [-0.2, 0) is 0 Å². The van der Waals surface area contributed by atoms with E-state index in [2.05, 4.69) is 20.2 Å². The minimum Gasteiger partial charge on any atom is -0.339 e. The Kier molecular flexibility index (Phi) is 3.39. The van der Waals surface area contributed by atoms with Gasteiger partial charge in [0.1, 0.15) is 0 Å². The molecule has 1 aliphatic heterocycles. The van der Waals surface area contributed by atoms with Gasteiger partial charge in [0.2, 0.25) is 5.95 Å². The van der Waals surface area contributed by atoms with Gasteiger partial charge in [-0.15, -0.1) is 0 Å². The summed E-state index contributed by atoms with van der Waals surface area (Å²) in [7, 11) is 2.02. The summed E-state index contributed by atoms with van der Waals surface area (Å²) >= 11 is 0. The molecule has 0 aliphatic carbocycles. The quantitative estimate of drug-likeness (QED) is 0.815. The molecular formula is C12H20N4. The molecule has 88 valence electrons. The average molecular weight is 220 g/mol. The van der Waals surface area contributed by atoms with E-state index in [-0.39, 0.29) is 0 Å². The molecule has 0 bridgehead atoms. The summed E-state index contributed by atoms with van der Waals surface area (Å²) in [5.41, 5.74) is 2.10. The maximum atomic E-state index is 4.51. The summed E-state index contributed by atoms with van der Waals surface area (Å²) in [6.07, 6.45) is 2.46. The number of hydrogen-bond acceptors (Lipinski definition) is 4. The summed E-state index contributed by atoms with van der Waals surface area (Å²) in [4.78, 5) is 11.3. The van der Waals surface area contributed by atoms with E-state index in [1.165, 1.54) is 12.8 Å². The fourth-order valence-electron chi connectivity index (χ4n) is 2.24. The monoisotopic (exact) mass is 220 g/mol. The number of aryl methyl sites for hydroxylation is 2. The van der Waals surface area contributed by atoms with Gasteiger partial charge < -0.3 is 10.2 Å². The summed E-state index contributed by atoms with van der Waals surface area (Å²) in [5, 5.41) is 3.34. The van der Waals surface area contributed by atoms with Crippen LogP contribution in [0.5, 0.6) is 0 Å². The highest BCUT2D eigenvalue weighted by molar-refractivity contribution is 5.33. The van der Waals surface area contributed by atoms with Crippen LogP contribution in [0.3, 0.4) is 0 Å². The first kappa shape index (κ1) is 11.3. The first-order valence-corrected chi connectivity index (χ1v) is 5.93. The lowest BCUT2D eigenvalue weighted by Crippen LogP contribution is -2.45. The zero-order valence-corrected chi connectivity index (χ0v) is 10.3. The topological polar surface area (TPSA) is 41.0 Å². The molecule has 1 aliphatic rings. The van der Waals surface area contributed by atoms with E-state index in [1.807, 2.05) is 27.0 Å². The number of rotatable bonds is 2. The second-order valence-corrected chi connectivity index (χ2v) is 4.52. The minimum atomic E-state index is 0.568. The summed E-state index contributed by atoms with van der Waals surface area (Å²) in [6.45, 7) is 6.13. The van der Waals surface area contributed by atoms with E-state index in [1.54, 1.807) is 0 Å². The normalized spacial score (nSPS) is 21.2. The Morgan fingerprint density at radius 3 is 2.62 bits per heavy atom. The second-order valence-electron chi connectivity index (χ2n) is 4.52. The Hall–Kier alpha value is -1.16. The van der Waals surface area contributed by atoms with Gasteiger partial charge in [-0.1, -0.05) is 0 Å². The molecule has 16 heavy (non-hydrogen) atoms. The molecule has 0 radical (unpaired) electrons. The predicted octanol–water partition coefficient (Wildman–Crippen LogP) is 1.28. The molecule has 2 heterocycles. The van der Waals surface area contributed by atoms with Crippen LogP contribution in [0.25, 0.3) is 0 Å². The van der Waals surface area contributed by atoms with Crippen molar-refractivity contribution < 1.29 is 0 Å². The van der Waals surface area contributed by atoms with Crippen molar-refractivity contribution in [3.63, 3.8) is 0 Å². The standard InChI is InChI=1S/C12H20N4/c1-9-7-10(2)15-12(14-9)16-6-4-5-11(8-16)13-3/h7,11,13H,4-6,8H2,1-3H3. The lowest BCUT2D eigenvalue weighted by molar-refractivity contribution is 0.445. The van der Waals surface area contributed by atoms with Gasteiger partial charge in [0.05, 0.1) is 0 Å². The van der Waals surface area contributed by atoms with Gasteiger partial charge in [0, 0.05) is 30.5 Å². The minimum absolute atomic E-state index is 0.568. The third-order valence-electron chi connectivity index (χ3n) is 3.08. The van der Waals surface area contributed by atoms with Crippen LogP contribution >= 0.6 is 0 Å². The Labute approximate surface area is 97.1 Å². The first-order chi connectivity index (χ1) is 7.69. The SMILES string of the molecule is CNC1CCCN(c2nc(C)cc(C)n2)C1. The van der Waals surface area contributed by atoms with Crippen molar-refractivity contribution in [2.75, 3.05) is 25.0 Å². The highest BCUT2D eigenvalue weighted by atomic mass is 15.3. The zero-order valence-electron chi connectivity index (χ0n) is 10.3. The molecule has 1 unspecified atom stereocenters. The Bertz CT molecular complexity index is 344. The van der Waals surface area contributed by atoms with Crippen molar-refractivity contribution in [2.24, 2.45) is 0 Å². The van der Waals surface area contributed by atoms with Crippen molar-refractivity contribution in [1.29, 1.82) is 0 Å². The molecule has 1 aromatic rings.